The third-order valence-electron chi connectivity index (χ3n) is 2.30. The van der Waals surface area contributed by atoms with Gasteiger partial charge in [-0.15, -0.1) is 0 Å². The molecule has 1 aromatic carbocycles. The molecule has 0 aliphatic rings. The molecular weight excluding hydrogens is 248 g/mol. The number of aromatic nitrogens is 3. The molecule has 2 rings (SSSR count). The highest BCUT2D eigenvalue weighted by molar-refractivity contribution is 7.99. The van der Waals surface area contributed by atoms with Crippen molar-refractivity contribution in [3.8, 4) is 6.01 Å². The first-order chi connectivity index (χ1) is 8.72. The summed E-state index contributed by atoms with van der Waals surface area (Å²) in [6.07, 6.45) is 0. The second kappa shape index (κ2) is 5.68. The summed E-state index contributed by atoms with van der Waals surface area (Å²) >= 11 is 1.49. The van der Waals surface area contributed by atoms with Crippen molar-refractivity contribution in [3.05, 3.63) is 29.8 Å². The van der Waals surface area contributed by atoms with E-state index in [2.05, 4.69) is 33.3 Å². The SMILES string of the molecule is CNc1nc(OC)nc(Sc2ccccc2C)n1. The molecule has 0 saturated heterocycles. The second-order valence-electron chi connectivity index (χ2n) is 3.55. The Balaban J connectivity index is 2.31. The third kappa shape index (κ3) is 2.89. The smallest absolute Gasteiger partial charge is 0.321 e. The van der Waals surface area contributed by atoms with Crippen LogP contribution in [0.4, 0.5) is 5.95 Å². The quantitative estimate of drug-likeness (QED) is 0.913. The maximum Gasteiger partial charge on any atom is 0.321 e. The normalized spacial score (nSPS) is 10.2. The molecule has 0 bridgehead atoms. The summed E-state index contributed by atoms with van der Waals surface area (Å²) in [6, 6.07) is 8.40. The molecule has 0 radical (unpaired) electrons. The molecule has 1 N–H and O–H groups in total. The molecule has 0 spiro atoms. The van der Waals surface area contributed by atoms with Crippen molar-refractivity contribution in [3.63, 3.8) is 0 Å². The van der Waals surface area contributed by atoms with Crippen LogP contribution in [0, 0.1) is 6.92 Å². The van der Waals surface area contributed by atoms with E-state index >= 15 is 0 Å². The minimum absolute atomic E-state index is 0.311. The van der Waals surface area contributed by atoms with Gasteiger partial charge in [0, 0.05) is 11.9 Å². The lowest BCUT2D eigenvalue weighted by molar-refractivity contribution is 0.374. The first-order valence-corrected chi connectivity index (χ1v) is 6.26. The van der Waals surface area contributed by atoms with Gasteiger partial charge in [0.05, 0.1) is 7.11 Å². The summed E-state index contributed by atoms with van der Waals surface area (Å²) in [7, 11) is 3.30. The molecule has 18 heavy (non-hydrogen) atoms. The van der Waals surface area contributed by atoms with Crippen LogP contribution in [0.3, 0.4) is 0 Å². The van der Waals surface area contributed by atoms with Gasteiger partial charge in [-0.3, -0.25) is 0 Å². The zero-order valence-corrected chi connectivity index (χ0v) is 11.3. The zero-order valence-electron chi connectivity index (χ0n) is 10.5. The maximum atomic E-state index is 5.05. The number of anilines is 1. The van der Waals surface area contributed by atoms with Gasteiger partial charge >= 0.3 is 6.01 Å². The number of nitrogens with one attached hydrogen (secondary N) is 1. The van der Waals surface area contributed by atoms with Gasteiger partial charge in [-0.2, -0.15) is 15.0 Å². The first-order valence-electron chi connectivity index (χ1n) is 5.44. The molecule has 0 aliphatic carbocycles. The van der Waals surface area contributed by atoms with Crippen LogP contribution in [0.5, 0.6) is 6.01 Å². The predicted octanol–water partition coefficient (Wildman–Crippen LogP) is 2.38. The Hall–Kier alpha value is -1.82. The van der Waals surface area contributed by atoms with Gasteiger partial charge in [-0.1, -0.05) is 18.2 Å². The topological polar surface area (TPSA) is 59.9 Å². The van der Waals surface area contributed by atoms with E-state index in [1.165, 1.54) is 24.4 Å². The van der Waals surface area contributed by atoms with Crippen molar-refractivity contribution < 1.29 is 4.74 Å². The van der Waals surface area contributed by atoms with Gasteiger partial charge in [0.25, 0.3) is 0 Å². The molecule has 5 nitrogen and oxygen atoms in total. The van der Waals surface area contributed by atoms with E-state index in [9.17, 15) is 0 Å². The Morgan fingerprint density at radius 1 is 1.17 bits per heavy atom. The Labute approximate surface area is 110 Å². The fourth-order valence-corrected chi connectivity index (χ4v) is 2.18. The highest BCUT2D eigenvalue weighted by Crippen LogP contribution is 2.28. The highest BCUT2D eigenvalue weighted by Gasteiger charge is 2.08. The average Bonchev–Trinajstić information content (AvgIpc) is 2.41. The molecular formula is C12H14N4OS. The van der Waals surface area contributed by atoms with Crippen LogP contribution in [-0.2, 0) is 0 Å². The number of hydrogen-bond acceptors (Lipinski definition) is 6. The van der Waals surface area contributed by atoms with Gasteiger partial charge in [-0.25, -0.2) is 0 Å². The summed E-state index contributed by atoms with van der Waals surface area (Å²) in [4.78, 5) is 13.7. The molecule has 0 aliphatic heterocycles. The molecule has 1 aromatic heterocycles. The van der Waals surface area contributed by atoms with Crippen LogP contribution in [0.1, 0.15) is 5.56 Å². The number of aryl methyl sites for hydroxylation is 1. The fourth-order valence-electron chi connectivity index (χ4n) is 1.36. The minimum Gasteiger partial charge on any atom is -0.467 e. The van der Waals surface area contributed by atoms with E-state index < -0.39 is 0 Å². The first kappa shape index (κ1) is 12.6. The largest absolute Gasteiger partial charge is 0.467 e. The molecule has 0 unspecified atom stereocenters. The van der Waals surface area contributed by atoms with Crippen LogP contribution in [-0.4, -0.2) is 29.1 Å². The van der Waals surface area contributed by atoms with Gasteiger partial charge in [0.1, 0.15) is 0 Å². The lowest BCUT2D eigenvalue weighted by Crippen LogP contribution is -2.02. The van der Waals surface area contributed by atoms with E-state index in [1.807, 2.05) is 18.2 Å². The average molecular weight is 262 g/mol. The summed E-state index contributed by atoms with van der Waals surface area (Å²) in [5.74, 6) is 0.498. The van der Waals surface area contributed by atoms with Crippen LogP contribution < -0.4 is 10.1 Å². The number of methoxy groups -OCH3 is 1. The van der Waals surface area contributed by atoms with Crippen molar-refractivity contribution in [2.45, 2.75) is 17.0 Å². The lowest BCUT2D eigenvalue weighted by Gasteiger charge is -2.06. The van der Waals surface area contributed by atoms with Crippen LogP contribution in [0.2, 0.25) is 0 Å². The molecule has 6 heteroatoms. The Morgan fingerprint density at radius 2 is 1.94 bits per heavy atom. The van der Waals surface area contributed by atoms with E-state index in [-0.39, 0.29) is 0 Å². The molecule has 94 valence electrons. The Bertz CT molecular complexity index is 525. The Morgan fingerprint density at radius 3 is 2.61 bits per heavy atom. The van der Waals surface area contributed by atoms with Crippen molar-refractivity contribution >= 4 is 17.7 Å². The second-order valence-corrected chi connectivity index (χ2v) is 4.55. The monoisotopic (exact) mass is 262 g/mol. The number of rotatable bonds is 4. The van der Waals surface area contributed by atoms with Crippen LogP contribution in [0.25, 0.3) is 0 Å². The van der Waals surface area contributed by atoms with Crippen molar-refractivity contribution in [2.75, 3.05) is 19.5 Å². The van der Waals surface area contributed by atoms with E-state index in [4.69, 9.17) is 4.74 Å². The summed E-state index contributed by atoms with van der Waals surface area (Å²) in [6.45, 7) is 2.06. The van der Waals surface area contributed by atoms with E-state index in [1.54, 1.807) is 7.05 Å². The fraction of sp³-hybridized carbons (Fsp3) is 0.250. The van der Waals surface area contributed by atoms with Gasteiger partial charge in [0.15, 0.2) is 0 Å². The zero-order chi connectivity index (χ0) is 13.0. The molecule has 0 saturated carbocycles. The molecule has 0 atom stereocenters. The number of nitrogens with zero attached hydrogens (tertiary/aromatic N) is 3. The summed E-state index contributed by atoms with van der Waals surface area (Å²) < 4.78 is 5.05. The predicted molar refractivity (Wildman–Crippen MR) is 71.2 cm³/mol. The third-order valence-corrected chi connectivity index (χ3v) is 3.34. The number of benzene rings is 1. The molecule has 1 heterocycles. The molecule has 0 amide bonds. The molecule has 2 aromatic rings. The lowest BCUT2D eigenvalue weighted by atomic mass is 10.2. The van der Waals surface area contributed by atoms with E-state index in [0.717, 1.165) is 4.90 Å². The number of hydrogen-bond donors (Lipinski definition) is 1. The Kier molecular flexibility index (Phi) is 3.99. The number of ether oxygens (including phenoxy) is 1. The van der Waals surface area contributed by atoms with Crippen LogP contribution in [0.15, 0.2) is 34.3 Å². The van der Waals surface area contributed by atoms with Gasteiger partial charge < -0.3 is 10.1 Å². The maximum absolute atomic E-state index is 5.05. The van der Waals surface area contributed by atoms with E-state index in [0.29, 0.717) is 17.1 Å². The van der Waals surface area contributed by atoms with Gasteiger partial charge in [0.2, 0.25) is 11.1 Å². The van der Waals surface area contributed by atoms with Gasteiger partial charge in [-0.05, 0) is 30.3 Å². The van der Waals surface area contributed by atoms with Crippen molar-refractivity contribution in [1.82, 2.24) is 15.0 Å². The molecule has 0 fully saturated rings. The van der Waals surface area contributed by atoms with Crippen LogP contribution >= 0.6 is 11.8 Å². The summed E-state index contributed by atoms with van der Waals surface area (Å²) in [5.41, 5.74) is 1.19. The summed E-state index contributed by atoms with van der Waals surface area (Å²) in [5, 5.41) is 3.50. The van der Waals surface area contributed by atoms with Crippen molar-refractivity contribution in [1.29, 1.82) is 0 Å². The minimum atomic E-state index is 0.311. The van der Waals surface area contributed by atoms with Crippen molar-refractivity contribution in [2.24, 2.45) is 0 Å². The highest BCUT2D eigenvalue weighted by atomic mass is 32.2. The standard InChI is InChI=1S/C12H14N4OS/c1-8-6-4-5-7-9(8)18-12-15-10(13-2)14-11(16-12)17-3/h4-7H,1-3H3,(H,13,14,15,16).